The molecule has 62 heavy (non-hydrogen) atoms. The SMILES string of the molecule is c1ccc(-c2ccc(N(c3ccc(-c4cccc5c4-c4ccc(-c6ccccc6)cc4-c4ccc(-c6ccccc6)cc4O5)cc3)c3cccc(-c4ccccc4)c3)cc2)cc1. The number of rotatable bonds is 8. The molecule has 11 rings (SSSR count). The highest BCUT2D eigenvalue weighted by atomic mass is 16.5. The fourth-order valence-corrected chi connectivity index (χ4v) is 8.81. The highest BCUT2D eigenvalue weighted by molar-refractivity contribution is 5.99. The summed E-state index contributed by atoms with van der Waals surface area (Å²) in [6.07, 6.45) is 0. The second kappa shape index (κ2) is 16.1. The van der Waals surface area contributed by atoms with Gasteiger partial charge in [0.25, 0.3) is 0 Å². The van der Waals surface area contributed by atoms with Crippen LogP contribution in [0.3, 0.4) is 0 Å². The molecule has 0 spiro atoms. The minimum atomic E-state index is 0.835. The van der Waals surface area contributed by atoms with Crippen LogP contribution in [-0.4, -0.2) is 0 Å². The van der Waals surface area contributed by atoms with Gasteiger partial charge in [-0.2, -0.15) is 0 Å². The Morgan fingerprint density at radius 2 is 0.661 bits per heavy atom. The third-order valence-electron chi connectivity index (χ3n) is 11.9. The summed E-state index contributed by atoms with van der Waals surface area (Å²) in [6, 6.07) is 88.9. The van der Waals surface area contributed by atoms with E-state index in [2.05, 4.69) is 254 Å². The zero-order valence-electron chi connectivity index (χ0n) is 34.0. The fraction of sp³-hybridized carbons (Fsp3) is 0. The lowest BCUT2D eigenvalue weighted by molar-refractivity contribution is 0.488. The minimum absolute atomic E-state index is 0.835. The molecule has 0 saturated heterocycles. The number of nitrogens with zero attached hydrogens (tertiary/aromatic N) is 1. The molecule has 0 atom stereocenters. The summed E-state index contributed by atoms with van der Waals surface area (Å²) in [5.41, 5.74) is 19.3. The summed E-state index contributed by atoms with van der Waals surface area (Å²) in [5.74, 6) is 1.68. The van der Waals surface area contributed by atoms with E-state index in [-0.39, 0.29) is 0 Å². The van der Waals surface area contributed by atoms with Crippen LogP contribution in [0.25, 0.3) is 77.9 Å². The first-order valence-electron chi connectivity index (χ1n) is 21.2. The van der Waals surface area contributed by atoms with Crippen LogP contribution in [0.15, 0.2) is 249 Å². The quantitative estimate of drug-likeness (QED) is 0.152. The van der Waals surface area contributed by atoms with E-state index in [1.54, 1.807) is 0 Å². The number of fused-ring (bicyclic) bond motifs is 5. The number of benzene rings is 10. The molecule has 0 saturated carbocycles. The standard InChI is InChI=1S/C60H41NO/c1-5-15-42(16-6-1)46-27-33-51(34-28-46)61(53-24-13-23-48(39-53)43-17-7-2-8-18-43)52-35-29-47(30-36-52)54-25-14-26-58-60(54)56-38-32-49(44-19-9-3-10-20-44)40-57(56)55-37-31-50(41-59(55)62-58)45-21-11-4-12-22-45/h1-41H. The minimum Gasteiger partial charge on any atom is -0.456 e. The zero-order chi connectivity index (χ0) is 41.2. The Morgan fingerprint density at radius 1 is 0.226 bits per heavy atom. The Bertz CT molecular complexity index is 3160. The molecule has 10 aromatic rings. The van der Waals surface area contributed by atoms with E-state index in [9.17, 15) is 0 Å². The third kappa shape index (κ3) is 7.04. The van der Waals surface area contributed by atoms with E-state index < -0.39 is 0 Å². The smallest absolute Gasteiger partial charge is 0.135 e. The van der Waals surface area contributed by atoms with Crippen LogP contribution in [0, 0.1) is 0 Å². The van der Waals surface area contributed by atoms with Crippen molar-refractivity contribution < 1.29 is 4.74 Å². The maximum absolute atomic E-state index is 7.01. The second-order valence-corrected chi connectivity index (χ2v) is 15.7. The van der Waals surface area contributed by atoms with Gasteiger partial charge in [0.2, 0.25) is 0 Å². The van der Waals surface area contributed by atoms with Gasteiger partial charge in [0.1, 0.15) is 11.5 Å². The van der Waals surface area contributed by atoms with Crippen molar-refractivity contribution in [1.82, 2.24) is 0 Å². The molecule has 0 fully saturated rings. The van der Waals surface area contributed by atoms with Gasteiger partial charge in [0.05, 0.1) is 0 Å². The average molecular weight is 792 g/mol. The van der Waals surface area contributed by atoms with E-state index >= 15 is 0 Å². The zero-order valence-corrected chi connectivity index (χ0v) is 34.0. The molecule has 0 unspecified atom stereocenters. The van der Waals surface area contributed by atoms with Crippen molar-refractivity contribution in [3.05, 3.63) is 249 Å². The van der Waals surface area contributed by atoms with Gasteiger partial charge >= 0.3 is 0 Å². The number of ether oxygens (including phenoxy) is 1. The third-order valence-corrected chi connectivity index (χ3v) is 11.9. The van der Waals surface area contributed by atoms with Crippen molar-refractivity contribution in [1.29, 1.82) is 0 Å². The molecule has 2 heteroatoms. The van der Waals surface area contributed by atoms with Gasteiger partial charge in [-0.05, 0) is 127 Å². The van der Waals surface area contributed by atoms with E-state index in [1.807, 2.05) is 0 Å². The van der Waals surface area contributed by atoms with E-state index in [0.717, 1.165) is 73.1 Å². The summed E-state index contributed by atoms with van der Waals surface area (Å²) in [4.78, 5) is 2.35. The first kappa shape index (κ1) is 36.8. The molecular formula is C60H41NO. The van der Waals surface area contributed by atoms with Gasteiger partial charge in [-0.1, -0.05) is 188 Å². The van der Waals surface area contributed by atoms with Crippen molar-refractivity contribution >= 4 is 17.1 Å². The number of hydrogen-bond donors (Lipinski definition) is 0. The van der Waals surface area contributed by atoms with Crippen LogP contribution in [0.5, 0.6) is 11.5 Å². The summed E-state index contributed by atoms with van der Waals surface area (Å²) in [5, 5.41) is 0. The molecular weight excluding hydrogens is 751 g/mol. The Kier molecular flexibility index (Phi) is 9.57. The van der Waals surface area contributed by atoms with E-state index in [0.29, 0.717) is 0 Å². The van der Waals surface area contributed by atoms with Gasteiger partial charge < -0.3 is 9.64 Å². The van der Waals surface area contributed by atoms with E-state index in [4.69, 9.17) is 4.74 Å². The van der Waals surface area contributed by atoms with E-state index in [1.165, 1.54) is 33.4 Å². The van der Waals surface area contributed by atoms with Crippen molar-refractivity contribution in [2.45, 2.75) is 0 Å². The predicted octanol–water partition coefficient (Wildman–Crippen LogP) is 16.9. The Balaban J connectivity index is 1.03. The fourth-order valence-electron chi connectivity index (χ4n) is 8.81. The maximum atomic E-state index is 7.01. The summed E-state index contributed by atoms with van der Waals surface area (Å²) < 4.78 is 7.01. The molecule has 0 bridgehead atoms. The van der Waals surface area contributed by atoms with Crippen molar-refractivity contribution in [3.63, 3.8) is 0 Å². The lowest BCUT2D eigenvalue weighted by atomic mass is 9.87. The second-order valence-electron chi connectivity index (χ2n) is 15.7. The molecule has 1 aliphatic rings. The van der Waals surface area contributed by atoms with Gasteiger partial charge in [0, 0.05) is 28.2 Å². The van der Waals surface area contributed by atoms with Crippen LogP contribution < -0.4 is 9.64 Å². The van der Waals surface area contributed by atoms with Crippen molar-refractivity contribution in [2.75, 3.05) is 4.90 Å². The highest BCUT2D eigenvalue weighted by Gasteiger charge is 2.25. The Labute approximate surface area is 363 Å². The Morgan fingerprint density at radius 3 is 1.24 bits per heavy atom. The lowest BCUT2D eigenvalue weighted by Gasteiger charge is -2.26. The van der Waals surface area contributed by atoms with Gasteiger partial charge in [-0.15, -0.1) is 0 Å². The van der Waals surface area contributed by atoms with Crippen LogP contribution in [0.2, 0.25) is 0 Å². The molecule has 1 aliphatic heterocycles. The largest absolute Gasteiger partial charge is 0.456 e. The monoisotopic (exact) mass is 791 g/mol. The maximum Gasteiger partial charge on any atom is 0.135 e. The lowest BCUT2D eigenvalue weighted by Crippen LogP contribution is -2.10. The first-order valence-corrected chi connectivity index (χ1v) is 21.2. The van der Waals surface area contributed by atoms with Gasteiger partial charge in [-0.3, -0.25) is 0 Å². The summed E-state index contributed by atoms with van der Waals surface area (Å²) in [6.45, 7) is 0. The molecule has 0 N–H and O–H groups in total. The van der Waals surface area contributed by atoms with Gasteiger partial charge in [-0.25, -0.2) is 0 Å². The van der Waals surface area contributed by atoms with Crippen molar-refractivity contribution in [2.24, 2.45) is 0 Å². The molecule has 2 nitrogen and oxygen atoms in total. The molecule has 0 aliphatic carbocycles. The summed E-state index contributed by atoms with van der Waals surface area (Å²) >= 11 is 0. The molecule has 0 amide bonds. The van der Waals surface area contributed by atoms with Crippen molar-refractivity contribution in [3.8, 4) is 89.4 Å². The number of hydrogen-bond acceptors (Lipinski definition) is 2. The molecule has 0 aromatic heterocycles. The Hall–Kier alpha value is -8.20. The first-order chi connectivity index (χ1) is 30.7. The van der Waals surface area contributed by atoms with Crippen LogP contribution >= 0.6 is 0 Å². The molecule has 0 radical (unpaired) electrons. The molecule has 10 aromatic carbocycles. The summed E-state index contributed by atoms with van der Waals surface area (Å²) in [7, 11) is 0. The predicted molar refractivity (Wildman–Crippen MR) is 259 cm³/mol. The van der Waals surface area contributed by atoms with Crippen LogP contribution in [0.4, 0.5) is 17.1 Å². The molecule has 1 heterocycles. The average Bonchev–Trinajstić information content (AvgIpc) is 3.49. The number of anilines is 3. The van der Waals surface area contributed by atoms with Crippen LogP contribution in [-0.2, 0) is 0 Å². The topological polar surface area (TPSA) is 12.5 Å². The molecule has 292 valence electrons. The van der Waals surface area contributed by atoms with Crippen LogP contribution in [0.1, 0.15) is 0 Å². The highest BCUT2D eigenvalue weighted by Crippen LogP contribution is 2.52. The normalized spacial score (nSPS) is 11.4. The van der Waals surface area contributed by atoms with Gasteiger partial charge in [0.15, 0.2) is 0 Å².